The molecule has 0 aliphatic carbocycles. The maximum absolute atomic E-state index is 11.6. The predicted octanol–water partition coefficient (Wildman–Crippen LogP) is 0.875. The third-order valence-corrected chi connectivity index (χ3v) is 4.26. The van der Waals surface area contributed by atoms with E-state index in [-0.39, 0.29) is 17.6 Å². The number of ether oxygens (including phenoxy) is 2. The average molecular weight is 313 g/mol. The molecule has 1 unspecified atom stereocenters. The number of nitrogens with one attached hydrogen (secondary N) is 1. The number of carbonyl (C=O) groups excluding carboxylic acids is 2. The molecule has 1 aromatic rings. The van der Waals surface area contributed by atoms with Crippen molar-refractivity contribution in [3.05, 3.63) is 10.6 Å². The minimum Gasteiger partial charge on any atom is -0.464 e. The number of aromatic nitrogens is 1. The van der Waals surface area contributed by atoms with Gasteiger partial charge in [-0.2, -0.15) is 0 Å². The zero-order valence-corrected chi connectivity index (χ0v) is 13.2. The van der Waals surface area contributed by atoms with Crippen LogP contribution >= 0.6 is 11.3 Å². The van der Waals surface area contributed by atoms with E-state index in [1.54, 1.807) is 0 Å². The molecule has 0 bridgehead atoms. The van der Waals surface area contributed by atoms with Crippen molar-refractivity contribution in [3.63, 3.8) is 0 Å². The lowest BCUT2D eigenvalue weighted by molar-refractivity contribution is -0.0117. The van der Waals surface area contributed by atoms with E-state index in [9.17, 15) is 9.59 Å². The molecule has 0 radical (unpaired) electrons. The van der Waals surface area contributed by atoms with E-state index in [0.29, 0.717) is 23.2 Å². The van der Waals surface area contributed by atoms with Crippen LogP contribution in [0.4, 0.5) is 5.13 Å². The van der Waals surface area contributed by atoms with Gasteiger partial charge >= 0.3 is 5.97 Å². The first-order valence-corrected chi connectivity index (χ1v) is 7.47. The summed E-state index contributed by atoms with van der Waals surface area (Å²) in [4.78, 5) is 29.8. The van der Waals surface area contributed by atoms with Gasteiger partial charge in [-0.25, -0.2) is 9.78 Å². The standard InChI is InChI=1S/C13H19N3O4S/c1-8(17)11-10(12(18)19-3)15-13(21-11)14-6-9-7-16(2)4-5-20-9/h9H,4-7H2,1-3H3,(H,14,15). The third kappa shape index (κ3) is 3.99. The summed E-state index contributed by atoms with van der Waals surface area (Å²) in [7, 11) is 3.31. The normalized spacial score (nSPS) is 19.3. The van der Waals surface area contributed by atoms with Crippen LogP contribution in [0.15, 0.2) is 0 Å². The van der Waals surface area contributed by atoms with Crippen LogP contribution in [-0.4, -0.2) is 68.1 Å². The zero-order valence-electron chi connectivity index (χ0n) is 12.3. The highest BCUT2D eigenvalue weighted by molar-refractivity contribution is 7.17. The summed E-state index contributed by atoms with van der Waals surface area (Å²) in [5.74, 6) is -0.798. The molecular formula is C13H19N3O4S. The lowest BCUT2D eigenvalue weighted by Crippen LogP contribution is -2.43. The first-order chi connectivity index (χ1) is 10.0. The van der Waals surface area contributed by atoms with Crippen molar-refractivity contribution in [3.8, 4) is 0 Å². The molecule has 0 saturated carbocycles. The number of anilines is 1. The molecule has 0 spiro atoms. The summed E-state index contributed by atoms with van der Waals surface area (Å²) in [5, 5.41) is 3.65. The van der Waals surface area contributed by atoms with Gasteiger partial charge < -0.3 is 19.7 Å². The molecule has 1 aliphatic rings. The SMILES string of the molecule is COC(=O)c1nc(NCC2CN(C)CCO2)sc1C(C)=O. The van der Waals surface area contributed by atoms with Gasteiger partial charge in [0.25, 0.3) is 0 Å². The van der Waals surface area contributed by atoms with Gasteiger partial charge in [-0.1, -0.05) is 11.3 Å². The quantitative estimate of drug-likeness (QED) is 0.638. The number of carbonyl (C=O) groups is 2. The molecule has 1 saturated heterocycles. The lowest BCUT2D eigenvalue weighted by Gasteiger charge is -2.29. The summed E-state index contributed by atoms with van der Waals surface area (Å²) in [5.41, 5.74) is 0.0687. The molecule has 0 amide bonds. The van der Waals surface area contributed by atoms with Gasteiger partial charge in [0.05, 0.1) is 19.8 Å². The molecule has 2 rings (SSSR count). The van der Waals surface area contributed by atoms with Crippen LogP contribution in [0.1, 0.15) is 27.1 Å². The smallest absolute Gasteiger partial charge is 0.358 e. The fourth-order valence-corrected chi connectivity index (χ4v) is 2.92. The molecule has 1 fully saturated rings. The van der Waals surface area contributed by atoms with Crippen molar-refractivity contribution in [1.29, 1.82) is 0 Å². The Labute approximate surface area is 127 Å². The summed E-state index contributed by atoms with van der Waals surface area (Å²) in [6, 6.07) is 0. The molecule has 1 aliphatic heterocycles. The number of likely N-dealkylation sites (N-methyl/N-ethyl adjacent to an activating group) is 1. The topological polar surface area (TPSA) is 80.8 Å². The fraction of sp³-hybridized carbons (Fsp3) is 0.615. The molecule has 1 aromatic heterocycles. The number of rotatable bonds is 5. The minimum atomic E-state index is -0.599. The molecule has 8 heteroatoms. The predicted molar refractivity (Wildman–Crippen MR) is 79.2 cm³/mol. The van der Waals surface area contributed by atoms with E-state index >= 15 is 0 Å². The average Bonchev–Trinajstić information content (AvgIpc) is 2.89. The number of thiazole rings is 1. The second-order valence-corrected chi connectivity index (χ2v) is 5.88. The molecule has 0 aromatic carbocycles. The summed E-state index contributed by atoms with van der Waals surface area (Å²) >= 11 is 1.16. The van der Waals surface area contributed by atoms with Crippen LogP contribution in [0.5, 0.6) is 0 Å². The van der Waals surface area contributed by atoms with Gasteiger partial charge in [-0.05, 0) is 7.05 Å². The Morgan fingerprint density at radius 1 is 1.57 bits per heavy atom. The van der Waals surface area contributed by atoms with E-state index in [4.69, 9.17) is 4.74 Å². The maximum Gasteiger partial charge on any atom is 0.358 e. The van der Waals surface area contributed by atoms with E-state index in [1.165, 1.54) is 14.0 Å². The monoisotopic (exact) mass is 313 g/mol. The Kier molecular flexibility index (Phi) is 5.27. The molecule has 21 heavy (non-hydrogen) atoms. The van der Waals surface area contributed by atoms with E-state index in [1.807, 2.05) is 7.05 Å². The first-order valence-electron chi connectivity index (χ1n) is 6.65. The molecule has 116 valence electrons. The summed E-state index contributed by atoms with van der Waals surface area (Å²) in [6.45, 7) is 4.45. The van der Waals surface area contributed by atoms with Crippen molar-refractivity contribution in [2.24, 2.45) is 0 Å². The number of methoxy groups -OCH3 is 1. The van der Waals surface area contributed by atoms with Crippen molar-refractivity contribution in [1.82, 2.24) is 9.88 Å². The largest absolute Gasteiger partial charge is 0.464 e. The van der Waals surface area contributed by atoms with Crippen LogP contribution < -0.4 is 5.32 Å². The highest BCUT2D eigenvalue weighted by atomic mass is 32.1. The van der Waals surface area contributed by atoms with Crippen LogP contribution in [0.2, 0.25) is 0 Å². The maximum atomic E-state index is 11.6. The second kappa shape index (κ2) is 6.97. The van der Waals surface area contributed by atoms with Crippen LogP contribution in [0.3, 0.4) is 0 Å². The summed E-state index contributed by atoms with van der Waals surface area (Å²) in [6.07, 6.45) is 0.0648. The van der Waals surface area contributed by atoms with Gasteiger partial charge in [0.1, 0.15) is 4.88 Å². The molecule has 1 N–H and O–H groups in total. The minimum absolute atomic E-state index is 0.0648. The first kappa shape index (κ1) is 15.9. The van der Waals surface area contributed by atoms with Crippen molar-refractivity contribution in [2.45, 2.75) is 13.0 Å². The number of nitrogens with zero attached hydrogens (tertiary/aromatic N) is 2. The van der Waals surface area contributed by atoms with Crippen LogP contribution in [0, 0.1) is 0 Å². The van der Waals surface area contributed by atoms with Gasteiger partial charge in [0.15, 0.2) is 16.6 Å². The Bertz CT molecular complexity index is 531. The molecule has 1 atom stereocenters. The fourth-order valence-electron chi connectivity index (χ4n) is 2.06. The third-order valence-electron chi connectivity index (χ3n) is 3.15. The Morgan fingerprint density at radius 3 is 2.95 bits per heavy atom. The Morgan fingerprint density at radius 2 is 2.33 bits per heavy atom. The molecular weight excluding hydrogens is 294 g/mol. The number of hydrogen-bond donors (Lipinski definition) is 1. The zero-order chi connectivity index (χ0) is 15.4. The number of esters is 1. The number of Topliss-reactive ketones (excluding diaryl/α,β-unsaturated/α-hetero) is 1. The lowest BCUT2D eigenvalue weighted by atomic mass is 10.3. The number of morpholine rings is 1. The highest BCUT2D eigenvalue weighted by Crippen LogP contribution is 2.24. The molecule has 2 heterocycles. The number of hydrogen-bond acceptors (Lipinski definition) is 8. The van der Waals surface area contributed by atoms with Gasteiger partial charge in [-0.3, -0.25) is 4.79 Å². The van der Waals surface area contributed by atoms with E-state index in [0.717, 1.165) is 24.4 Å². The van der Waals surface area contributed by atoms with Crippen molar-refractivity contribution >= 4 is 28.2 Å². The second-order valence-electron chi connectivity index (χ2n) is 4.88. The molecule has 7 nitrogen and oxygen atoms in total. The van der Waals surface area contributed by atoms with Crippen molar-refractivity contribution in [2.75, 3.05) is 45.7 Å². The Balaban J connectivity index is 2.03. The van der Waals surface area contributed by atoms with Gasteiger partial charge in [0, 0.05) is 26.6 Å². The van der Waals surface area contributed by atoms with Crippen LogP contribution in [0.25, 0.3) is 0 Å². The van der Waals surface area contributed by atoms with Gasteiger partial charge in [-0.15, -0.1) is 0 Å². The Hall–Kier alpha value is -1.51. The highest BCUT2D eigenvalue weighted by Gasteiger charge is 2.23. The van der Waals surface area contributed by atoms with Gasteiger partial charge in [0.2, 0.25) is 0 Å². The van der Waals surface area contributed by atoms with E-state index < -0.39 is 5.97 Å². The summed E-state index contributed by atoms with van der Waals surface area (Å²) < 4.78 is 10.3. The van der Waals surface area contributed by atoms with E-state index in [2.05, 4.69) is 19.9 Å². The van der Waals surface area contributed by atoms with Crippen LogP contribution in [-0.2, 0) is 9.47 Å². The number of ketones is 1. The van der Waals surface area contributed by atoms with Crippen molar-refractivity contribution < 1.29 is 19.1 Å².